The van der Waals surface area contributed by atoms with Crippen molar-refractivity contribution in [2.45, 2.75) is 11.8 Å². The average molecular weight is 280 g/mol. The Hall–Kier alpha value is -1.86. The molecule has 6 nitrogen and oxygen atoms in total. The van der Waals surface area contributed by atoms with E-state index >= 15 is 0 Å². The second-order valence-corrected chi connectivity index (χ2v) is 6.58. The molecule has 0 aliphatic rings. The van der Waals surface area contributed by atoms with Crippen molar-refractivity contribution >= 4 is 15.8 Å². The Morgan fingerprint density at radius 1 is 1.21 bits per heavy atom. The minimum absolute atomic E-state index is 0.248. The van der Waals surface area contributed by atoms with Crippen LogP contribution in [0.4, 0.5) is 5.82 Å². The summed E-state index contributed by atoms with van der Waals surface area (Å²) < 4.78 is 26.6. The highest BCUT2D eigenvalue weighted by atomic mass is 32.2. The lowest BCUT2D eigenvalue weighted by molar-refractivity contribution is 0.520. The third kappa shape index (κ3) is 2.47. The molecule has 0 radical (unpaired) electrons. The number of nitrogens with two attached hydrogens (primary N) is 1. The lowest BCUT2D eigenvalue weighted by Crippen LogP contribution is -2.22. The van der Waals surface area contributed by atoms with Gasteiger partial charge in [0.05, 0.1) is 10.6 Å². The number of sulfonamides is 1. The fraction of sp³-hybridized carbons (Fsp3) is 0.250. The fourth-order valence-electron chi connectivity index (χ4n) is 1.59. The van der Waals surface area contributed by atoms with Crippen LogP contribution in [-0.4, -0.2) is 36.6 Å². The van der Waals surface area contributed by atoms with Crippen LogP contribution < -0.4 is 5.73 Å². The highest BCUT2D eigenvalue weighted by molar-refractivity contribution is 7.89. The predicted octanol–water partition coefficient (Wildman–Crippen LogP) is 1.01. The maximum atomic E-state index is 11.9. The van der Waals surface area contributed by atoms with E-state index in [4.69, 9.17) is 5.73 Å². The fourth-order valence-corrected chi connectivity index (χ4v) is 2.49. The number of nitrogen functional groups attached to an aromatic ring is 1. The Kier molecular flexibility index (Phi) is 3.34. The van der Waals surface area contributed by atoms with Gasteiger partial charge in [0.1, 0.15) is 5.82 Å². The monoisotopic (exact) mass is 280 g/mol. The Labute approximate surface area is 112 Å². The molecule has 7 heteroatoms. The first-order valence-corrected chi connectivity index (χ1v) is 7.11. The van der Waals surface area contributed by atoms with E-state index in [1.165, 1.54) is 18.4 Å². The van der Waals surface area contributed by atoms with Crippen LogP contribution in [0.5, 0.6) is 0 Å². The summed E-state index contributed by atoms with van der Waals surface area (Å²) >= 11 is 0. The van der Waals surface area contributed by atoms with Crippen molar-refractivity contribution in [2.24, 2.45) is 0 Å². The summed E-state index contributed by atoms with van der Waals surface area (Å²) in [7, 11) is -0.398. The summed E-state index contributed by atoms with van der Waals surface area (Å²) in [6.07, 6.45) is 1.80. The summed E-state index contributed by atoms with van der Waals surface area (Å²) in [5.74, 6) is 0.463. The molecule has 102 valence electrons. The average Bonchev–Trinajstić information content (AvgIpc) is 2.69. The largest absolute Gasteiger partial charge is 0.382 e. The molecule has 1 aromatic carbocycles. The molecule has 2 aromatic rings. The van der Waals surface area contributed by atoms with Crippen molar-refractivity contribution in [3.05, 3.63) is 36.0 Å². The molecule has 0 fully saturated rings. The third-order valence-corrected chi connectivity index (χ3v) is 4.64. The molecule has 2 rings (SSSR count). The predicted molar refractivity (Wildman–Crippen MR) is 73.6 cm³/mol. The van der Waals surface area contributed by atoms with Gasteiger partial charge in [-0.15, -0.1) is 0 Å². The van der Waals surface area contributed by atoms with Crippen molar-refractivity contribution in [1.82, 2.24) is 14.1 Å². The van der Waals surface area contributed by atoms with Crippen LogP contribution in [0, 0.1) is 6.92 Å². The van der Waals surface area contributed by atoms with Gasteiger partial charge in [-0.05, 0) is 31.2 Å². The van der Waals surface area contributed by atoms with E-state index in [0.29, 0.717) is 5.82 Å². The number of rotatable bonds is 3. The van der Waals surface area contributed by atoms with Crippen LogP contribution in [0.3, 0.4) is 0 Å². The molecule has 0 aliphatic heterocycles. The molecule has 19 heavy (non-hydrogen) atoms. The maximum Gasteiger partial charge on any atom is 0.242 e. The molecule has 0 unspecified atom stereocenters. The molecule has 1 aromatic heterocycles. The van der Waals surface area contributed by atoms with Crippen molar-refractivity contribution < 1.29 is 8.42 Å². The van der Waals surface area contributed by atoms with Crippen molar-refractivity contribution in [1.29, 1.82) is 0 Å². The first kappa shape index (κ1) is 13.6. The Morgan fingerprint density at radius 2 is 1.79 bits per heavy atom. The van der Waals surface area contributed by atoms with Crippen LogP contribution >= 0.6 is 0 Å². The van der Waals surface area contributed by atoms with Crippen LogP contribution in [0.15, 0.2) is 35.4 Å². The van der Waals surface area contributed by atoms with Crippen LogP contribution in [-0.2, 0) is 10.0 Å². The summed E-state index contributed by atoms with van der Waals surface area (Å²) in [6.45, 7) is 1.86. The molecule has 0 spiro atoms. The number of aryl methyl sites for hydroxylation is 1. The second-order valence-electron chi connectivity index (χ2n) is 4.42. The van der Waals surface area contributed by atoms with E-state index in [1.807, 2.05) is 6.92 Å². The van der Waals surface area contributed by atoms with Crippen LogP contribution in [0.2, 0.25) is 0 Å². The Balaban J connectivity index is 2.39. The van der Waals surface area contributed by atoms with E-state index in [-0.39, 0.29) is 4.90 Å². The van der Waals surface area contributed by atoms with Crippen molar-refractivity contribution in [3.63, 3.8) is 0 Å². The standard InChI is InChI=1S/C12H16N4O2S/c1-9-8-16(14-12(9)13)10-4-6-11(7-5-10)19(17,18)15(2)3/h4-8H,1-3H3,(H2,13,14). The maximum absolute atomic E-state index is 11.9. The lowest BCUT2D eigenvalue weighted by Gasteiger charge is -2.11. The van der Waals surface area contributed by atoms with E-state index in [1.54, 1.807) is 35.1 Å². The second kappa shape index (κ2) is 4.67. The van der Waals surface area contributed by atoms with Gasteiger partial charge in [0, 0.05) is 25.9 Å². The van der Waals surface area contributed by atoms with Gasteiger partial charge >= 0.3 is 0 Å². The summed E-state index contributed by atoms with van der Waals surface area (Å²) in [4.78, 5) is 0.248. The molecule has 0 amide bonds. The third-order valence-electron chi connectivity index (χ3n) is 2.82. The van der Waals surface area contributed by atoms with Gasteiger partial charge in [-0.3, -0.25) is 0 Å². The molecular weight excluding hydrogens is 264 g/mol. The number of hydrogen-bond acceptors (Lipinski definition) is 4. The van der Waals surface area contributed by atoms with Gasteiger partial charge in [0.2, 0.25) is 10.0 Å². The zero-order valence-corrected chi connectivity index (χ0v) is 11.8. The topological polar surface area (TPSA) is 81.2 Å². The number of hydrogen-bond donors (Lipinski definition) is 1. The van der Waals surface area contributed by atoms with Gasteiger partial charge in [0.15, 0.2) is 0 Å². The first-order chi connectivity index (χ1) is 8.82. The zero-order valence-electron chi connectivity index (χ0n) is 11.0. The molecule has 1 heterocycles. The van der Waals surface area contributed by atoms with Gasteiger partial charge in [-0.1, -0.05) is 0 Å². The number of nitrogens with zero attached hydrogens (tertiary/aromatic N) is 3. The van der Waals surface area contributed by atoms with E-state index < -0.39 is 10.0 Å². The smallest absolute Gasteiger partial charge is 0.242 e. The lowest BCUT2D eigenvalue weighted by atomic mass is 10.3. The highest BCUT2D eigenvalue weighted by Crippen LogP contribution is 2.17. The van der Waals surface area contributed by atoms with E-state index in [0.717, 1.165) is 11.3 Å². The van der Waals surface area contributed by atoms with Gasteiger partial charge in [-0.25, -0.2) is 17.4 Å². The summed E-state index contributed by atoms with van der Waals surface area (Å²) in [5, 5.41) is 4.14. The minimum Gasteiger partial charge on any atom is -0.382 e. The zero-order chi connectivity index (χ0) is 14.2. The Bertz CT molecular complexity index is 668. The molecule has 2 N–H and O–H groups in total. The number of aromatic nitrogens is 2. The van der Waals surface area contributed by atoms with E-state index in [2.05, 4.69) is 5.10 Å². The quantitative estimate of drug-likeness (QED) is 0.910. The molecular formula is C12H16N4O2S. The normalized spacial score (nSPS) is 12.0. The molecule has 0 atom stereocenters. The SMILES string of the molecule is Cc1cn(-c2ccc(S(=O)(=O)N(C)C)cc2)nc1N. The highest BCUT2D eigenvalue weighted by Gasteiger charge is 2.16. The van der Waals surface area contributed by atoms with Gasteiger partial charge < -0.3 is 5.73 Å². The van der Waals surface area contributed by atoms with Crippen molar-refractivity contribution in [3.8, 4) is 5.69 Å². The van der Waals surface area contributed by atoms with E-state index in [9.17, 15) is 8.42 Å². The van der Waals surface area contributed by atoms with Gasteiger partial charge in [-0.2, -0.15) is 5.10 Å². The Morgan fingerprint density at radius 3 is 2.21 bits per heavy atom. The molecule has 0 saturated carbocycles. The minimum atomic E-state index is -3.40. The van der Waals surface area contributed by atoms with Crippen LogP contribution in [0.25, 0.3) is 5.69 Å². The van der Waals surface area contributed by atoms with Crippen molar-refractivity contribution in [2.75, 3.05) is 19.8 Å². The summed E-state index contributed by atoms with van der Waals surface area (Å²) in [6, 6.07) is 6.50. The summed E-state index contributed by atoms with van der Waals surface area (Å²) in [5.41, 5.74) is 7.32. The molecule has 0 saturated heterocycles. The molecule has 0 aliphatic carbocycles. The first-order valence-electron chi connectivity index (χ1n) is 5.67. The van der Waals surface area contributed by atoms with Crippen LogP contribution in [0.1, 0.15) is 5.56 Å². The van der Waals surface area contributed by atoms with Gasteiger partial charge in [0.25, 0.3) is 0 Å². The number of anilines is 1. The molecule has 0 bridgehead atoms. The number of benzene rings is 1.